The van der Waals surface area contributed by atoms with Gasteiger partial charge >= 0.3 is 5.97 Å². The number of nitrogens with zero attached hydrogens (tertiary/aromatic N) is 1. The largest absolute Gasteiger partial charge is 0.457 e. The molecule has 1 N–H and O–H groups in total. The summed E-state index contributed by atoms with van der Waals surface area (Å²) < 4.78 is 32.4. The van der Waals surface area contributed by atoms with Crippen molar-refractivity contribution in [1.82, 2.24) is 0 Å². The first-order chi connectivity index (χ1) is 13.9. The predicted octanol–water partition coefficient (Wildman–Crippen LogP) is 3.75. The van der Waals surface area contributed by atoms with Crippen molar-refractivity contribution < 1.29 is 22.9 Å². The van der Waals surface area contributed by atoms with Gasteiger partial charge in [0.1, 0.15) is 6.61 Å². The summed E-state index contributed by atoms with van der Waals surface area (Å²) in [6.07, 6.45) is 0. The summed E-state index contributed by atoms with van der Waals surface area (Å²) in [5.41, 5.74) is 0.661. The van der Waals surface area contributed by atoms with Gasteiger partial charge in [-0.2, -0.15) is 0 Å². The van der Waals surface area contributed by atoms with E-state index < -0.39 is 20.9 Å². The molecule has 0 amide bonds. The summed E-state index contributed by atoms with van der Waals surface area (Å²) in [5.74, 6) is -0.719. The first-order valence-corrected chi connectivity index (χ1v) is 9.92. The second-order valence-corrected chi connectivity index (χ2v) is 7.64. The van der Waals surface area contributed by atoms with Gasteiger partial charge in [-0.05, 0) is 42.5 Å². The Bertz CT molecular complexity index is 1130. The Kier molecular flexibility index (Phi) is 5.89. The minimum Gasteiger partial charge on any atom is -0.457 e. The molecule has 0 spiro atoms. The van der Waals surface area contributed by atoms with Crippen molar-refractivity contribution in [2.75, 3.05) is 4.72 Å². The maximum absolute atomic E-state index is 12.4. The molecule has 3 aromatic carbocycles. The number of nitro benzene ring substituents is 1. The fourth-order valence-electron chi connectivity index (χ4n) is 2.53. The molecule has 0 radical (unpaired) electrons. The fraction of sp³-hybridized carbons (Fsp3) is 0.0500. The maximum Gasteiger partial charge on any atom is 0.338 e. The van der Waals surface area contributed by atoms with Crippen LogP contribution in [0.2, 0.25) is 0 Å². The number of para-hydroxylation sites is 2. The Morgan fingerprint density at radius 3 is 2.21 bits per heavy atom. The maximum atomic E-state index is 12.4. The third kappa shape index (κ3) is 4.96. The SMILES string of the molecule is O=C(OCc1ccccc1[N+](=O)[O-])c1ccc(S(=O)(=O)Nc2ccccc2)cc1. The van der Waals surface area contributed by atoms with Crippen LogP contribution in [0.5, 0.6) is 0 Å². The molecule has 0 unspecified atom stereocenters. The molecular formula is C20H16N2O6S. The van der Waals surface area contributed by atoms with E-state index in [1.165, 1.54) is 42.5 Å². The van der Waals surface area contributed by atoms with Crippen molar-refractivity contribution in [3.8, 4) is 0 Å². The molecule has 0 aliphatic rings. The number of hydrogen-bond donors (Lipinski definition) is 1. The van der Waals surface area contributed by atoms with E-state index in [1.54, 1.807) is 36.4 Å². The van der Waals surface area contributed by atoms with Gasteiger partial charge in [-0.15, -0.1) is 0 Å². The Morgan fingerprint density at radius 1 is 0.931 bits per heavy atom. The third-order valence-corrected chi connectivity index (χ3v) is 5.37. The summed E-state index contributed by atoms with van der Waals surface area (Å²) in [7, 11) is -3.80. The van der Waals surface area contributed by atoms with Crippen molar-refractivity contribution in [3.05, 3.63) is 100 Å². The normalized spacial score (nSPS) is 10.9. The lowest BCUT2D eigenvalue weighted by atomic mass is 10.2. The number of nitro groups is 1. The molecule has 148 valence electrons. The smallest absolute Gasteiger partial charge is 0.338 e. The standard InChI is InChI=1S/C20H16N2O6S/c23-20(28-14-16-6-4-5-9-19(16)22(24)25)15-10-12-18(13-11-15)29(26,27)21-17-7-2-1-3-8-17/h1-13,21H,14H2. The van der Waals surface area contributed by atoms with Crippen molar-refractivity contribution >= 4 is 27.4 Å². The molecule has 0 aliphatic heterocycles. The fourth-order valence-corrected chi connectivity index (χ4v) is 3.59. The summed E-state index contributed by atoms with van der Waals surface area (Å²) in [5, 5.41) is 11.0. The minimum atomic E-state index is -3.80. The number of benzene rings is 3. The third-order valence-electron chi connectivity index (χ3n) is 3.97. The highest BCUT2D eigenvalue weighted by atomic mass is 32.2. The molecule has 3 rings (SSSR count). The van der Waals surface area contributed by atoms with Crippen LogP contribution in [0, 0.1) is 10.1 Å². The molecular weight excluding hydrogens is 396 g/mol. The van der Waals surface area contributed by atoms with Crippen LogP contribution in [-0.4, -0.2) is 19.3 Å². The molecule has 0 saturated heterocycles. The van der Waals surface area contributed by atoms with Crippen LogP contribution in [0.15, 0.2) is 83.8 Å². The zero-order valence-electron chi connectivity index (χ0n) is 15.0. The highest BCUT2D eigenvalue weighted by molar-refractivity contribution is 7.92. The van der Waals surface area contributed by atoms with Gasteiger partial charge in [-0.1, -0.05) is 30.3 Å². The van der Waals surface area contributed by atoms with Crippen LogP contribution in [0.3, 0.4) is 0 Å². The minimum absolute atomic E-state index is 0.0170. The van der Waals surface area contributed by atoms with Crippen molar-refractivity contribution in [2.24, 2.45) is 0 Å². The van der Waals surface area contributed by atoms with E-state index in [4.69, 9.17) is 4.74 Å². The molecule has 0 bridgehead atoms. The molecule has 8 nitrogen and oxygen atoms in total. The first-order valence-electron chi connectivity index (χ1n) is 8.44. The van der Waals surface area contributed by atoms with Gasteiger partial charge < -0.3 is 4.74 Å². The van der Waals surface area contributed by atoms with Crippen LogP contribution < -0.4 is 4.72 Å². The number of ether oxygens (including phenoxy) is 1. The van der Waals surface area contributed by atoms with E-state index >= 15 is 0 Å². The Balaban J connectivity index is 1.68. The van der Waals surface area contributed by atoms with Crippen LogP contribution in [0.25, 0.3) is 0 Å². The molecule has 0 fully saturated rings. The van der Waals surface area contributed by atoms with E-state index in [9.17, 15) is 23.3 Å². The van der Waals surface area contributed by atoms with Crippen LogP contribution >= 0.6 is 0 Å². The van der Waals surface area contributed by atoms with Crippen LogP contribution in [0.4, 0.5) is 11.4 Å². The number of hydrogen-bond acceptors (Lipinski definition) is 6. The van der Waals surface area contributed by atoms with Gasteiger partial charge in [0, 0.05) is 11.8 Å². The van der Waals surface area contributed by atoms with E-state index in [-0.39, 0.29) is 28.3 Å². The lowest BCUT2D eigenvalue weighted by Gasteiger charge is -2.09. The molecule has 9 heteroatoms. The number of esters is 1. The molecule has 0 atom stereocenters. The van der Waals surface area contributed by atoms with Gasteiger partial charge in [-0.25, -0.2) is 13.2 Å². The van der Waals surface area contributed by atoms with Crippen molar-refractivity contribution in [3.63, 3.8) is 0 Å². The number of nitrogens with one attached hydrogen (secondary N) is 1. The van der Waals surface area contributed by atoms with E-state index in [2.05, 4.69) is 4.72 Å². The number of anilines is 1. The molecule has 3 aromatic rings. The second-order valence-electron chi connectivity index (χ2n) is 5.96. The summed E-state index contributed by atoms with van der Waals surface area (Å²) in [6.45, 7) is -0.272. The second kappa shape index (κ2) is 8.53. The monoisotopic (exact) mass is 412 g/mol. The van der Waals surface area contributed by atoms with E-state index in [1.807, 2.05) is 0 Å². The molecule has 0 aliphatic carbocycles. The highest BCUT2D eigenvalue weighted by Crippen LogP contribution is 2.20. The lowest BCUT2D eigenvalue weighted by Crippen LogP contribution is -2.13. The average Bonchev–Trinajstić information content (AvgIpc) is 2.72. The van der Waals surface area contributed by atoms with E-state index in [0.29, 0.717) is 5.69 Å². The average molecular weight is 412 g/mol. The first kappa shape index (κ1) is 20.0. The zero-order valence-corrected chi connectivity index (χ0v) is 15.8. The topological polar surface area (TPSA) is 116 Å². The summed E-state index contributed by atoms with van der Waals surface area (Å²) in [6, 6.07) is 19.6. The van der Waals surface area contributed by atoms with Gasteiger partial charge in [0.05, 0.1) is 20.9 Å². The predicted molar refractivity (Wildman–Crippen MR) is 106 cm³/mol. The van der Waals surface area contributed by atoms with E-state index in [0.717, 1.165) is 0 Å². The number of carbonyl (C=O) groups excluding carboxylic acids is 1. The summed E-state index contributed by atoms with van der Waals surface area (Å²) in [4.78, 5) is 22.6. The van der Waals surface area contributed by atoms with Crippen molar-refractivity contribution in [2.45, 2.75) is 11.5 Å². The molecule has 29 heavy (non-hydrogen) atoms. The quantitative estimate of drug-likeness (QED) is 0.359. The number of carbonyl (C=O) groups is 1. The zero-order chi connectivity index (χ0) is 20.9. The molecule has 0 heterocycles. The summed E-state index contributed by atoms with van der Waals surface area (Å²) >= 11 is 0. The number of rotatable bonds is 7. The van der Waals surface area contributed by atoms with Gasteiger partial charge in [0.25, 0.3) is 15.7 Å². The highest BCUT2D eigenvalue weighted by Gasteiger charge is 2.17. The van der Waals surface area contributed by atoms with Gasteiger partial charge in [0.15, 0.2) is 0 Å². The Morgan fingerprint density at radius 2 is 1.55 bits per heavy atom. The van der Waals surface area contributed by atoms with Crippen LogP contribution in [-0.2, 0) is 21.4 Å². The lowest BCUT2D eigenvalue weighted by molar-refractivity contribution is -0.385. The molecule has 0 saturated carbocycles. The van der Waals surface area contributed by atoms with Crippen molar-refractivity contribution in [1.29, 1.82) is 0 Å². The number of sulfonamides is 1. The van der Waals surface area contributed by atoms with Gasteiger partial charge in [-0.3, -0.25) is 14.8 Å². The Labute approximate surface area is 167 Å². The van der Waals surface area contributed by atoms with Crippen LogP contribution in [0.1, 0.15) is 15.9 Å². The van der Waals surface area contributed by atoms with Gasteiger partial charge in [0.2, 0.25) is 0 Å². The Hall–Kier alpha value is -3.72. The molecule has 0 aromatic heterocycles.